The summed E-state index contributed by atoms with van der Waals surface area (Å²) in [7, 11) is 1.64. The van der Waals surface area contributed by atoms with Gasteiger partial charge < -0.3 is 14.5 Å². The van der Waals surface area contributed by atoms with Gasteiger partial charge in [-0.15, -0.1) is 11.3 Å². The van der Waals surface area contributed by atoms with E-state index in [-0.39, 0.29) is 5.91 Å². The van der Waals surface area contributed by atoms with Crippen molar-refractivity contribution >= 4 is 28.5 Å². The van der Waals surface area contributed by atoms with Crippen molar-refractivity contribution in [1.82, 2.24) is 9.88 Å². The first-order valence-electron chi connectivity index (χ1n) is 7.93. The Morgan fingerprint density at radius 1 is 1.29 bits per heavy atom. The van der Waals surface area contributed by atoms with E-state index in [1.54, 1.807) is 24.5 Å². The van der Waals surface area contributed by atoms with Crippen LogP contribution in [0.3, 0.4) is 0 Å². The van der Waals surface area contributed by atoms with Gasteiger partial charge in [0.1, 0.15) is 5.75 Å². The predicted molar refractivity (Wildman–Crippen MR) is 97.7 cm³/mol. The van der Waals surface area contributed by atoms with E-state index in [0.717, 1.165) is 35.1 Å². The van der Waals surface area contributed by atoms with Gasteiger partial charge >= 0.3 is 0 Å². The molecule has 1 aliphatic rings. The zero-order valence-electron chi connectivity index (χ0n) is 13.9. The molecule has 1 aromatic heterocycles. The number of piperazine rings is 1. The summed E-state index contributed by atoms with van der Waals surface area (Å²) in [4.78, 5) is 20.8. The first-order chi connectivity index (χ1) is 11.7. The molecule has 1 amide bonds. The Morgan fingerprint density at radius 3 is 2.75 bits per heavy atom. The lowest BCUT2D eigenvalue weighted by Gasteiger charge is -2.34. The van der Waals surface area contributed by atoms with Crippen LogP contribution in [0.2, 0.25) is 0 Å². The minimum atomic E-state index is 0.0392. The smallest absolute Gasteiger partial charge is 0.246 e. The van der Waals surface area contributed by atoms with Crippen molar-refractivity contribution in [2.45, 2.75) is 6.92 Å². The van der Waals surface area contributed by atoms with E-state index in [1.807, 2.05) is 47.7 Å². The lowest BCUT2D eigenvalue weighted by atomic mass is 10.1. The number of thiazole rings is 1. The van der Waals surface area contributed by atoms with E-state index in [0.29, 0.717) is 13.1 Å². The average Bonchev–Trinajstić information content (AvgIpc) is 3.14. The van der Waals surface area contributed by atoms with Crippen LogP contribution < -0.4 is 9.64 Å². The van der Waals surface area contributed by atoms with Crippen LogP contribution in [-0.2, 0) is 4.79 Å². The van der Waals surface area contributed by atoms with E-state index in [4.69, 9.17) is 4.74 Å². The molecule has 2 heterocycles. The maximum Gasteiger partial charge on any atom is 0.246 e. The fourth-order valence-electron chi connectivity index (χ4n) is 2.74. The number of carbonyl (C=O) groups excluding carboxylic acids is 1. The molecule has 1 saturated heterocycles. The van der Waals surface area contributed by atoms with Crippen molar-refractivity contribution in [1.29, 1.82) is 0 Å². The highest BCUT2D eigenvalue weighted by molar-refractivity contribution is 7.13. The number of amides is 1. The number of aromatic nitrogens is 1. The number of nitrogens with zero attached hydrogens (tertiary/aromatic N) is 3. The van der Waals surface area contributed by atoms with E-state index < -0.39 is 0 Å². The Bertz CT molecular complexity index is 720. The summed E-state index contributed by atoms with van der Waals surface area (Å²) in [5.74, 6) is 0.815. The molecule has 0 spiro atoms. The number of benzene rings is 1. The molecular formula is C18H21N3O2S. The Morgan fingerprint density at radius 2 is 2.08 bits per heavy atom. The molecule has 1 aromatic carbocycles. The largest absolute Gasteiger partial charge is 0.496 e. The number of aryl methyl sites for hydroxylation is 1. The molecule has 0 N–H and O–H groups in total. The molecule has 2 aromatic rings. The number of hydrogen-bond acceptors (Lipinski definition) is 5. The number of anilines is 1. The zero-order chi connectivity index (χ0) is 16.9. The van der Waals surface area contributed by atoms with Crippen molar-refractivity contribution < 1.29 is 9.53 Å². The van der Waals surface area contributed by atoms with Crippen LogP contribution in [0.5, 0.6) is 5.75 Å². The molecule has 0 radical (unpaired) electrons. The monoisotopic (exact) mass is 343 g/mol. The van der Waals surface area contributed by atoms with Gasteiger partial charge in [0.15, 0.2) is 5.13 Å². The number of hydrogen-bond donors (Lipinski definition) is 0. The molecule has 1 fully saturated rings. The maximum atomic E-state index is 12.4. The van der Waals surface area contributed by atoms with Crippen LogP contribution in [-0.4, -0.2) is 49.1 Å². The third kappa shape index (κ3) is 3.76. The minimum Gasteiger partial charge on any atom is -0.496 e. The second kappa shape index (κ2) is 7.49. The number of ether oxygens (including phenoxy) is 1. The predicted octanol–water partition coefficient (Wildman–Crippen LogP) is 2.82. The number of methoxy groups -OCH3 is 1. The third-order valence-electron chi connectivity index (χ3n) is 4.07. The molecule has 0 bridgehead atoms. The lowest BCUT2D eigenvalue weighted by molar-refractivity contribution is -0.126. The SMILES string of the molecule is COc1ccc(C)cc1/C=C/C(=O)N1CCN(c2nccs2)CC1. The van der Waals surface area contributed by atoms with Gasteiger partial charge in [0.05, 0.1) is 7.11 Å². The molecule has 5 nitrogen and oxygen atoms in total. The molecule has 0 unspecified atom stereocenters. The van der Waals surface area contributed by atoms with Gasteiger partial charge in [-0.1, -0.05) is 11.6 Å². The summed E-state index contributed by atoms with van der Waals surface area (Å²) in [6, 6.07) is 5.94. The molecule has 6 heteroatoms. The Kier molecular flexibility index (Phi) is 5.15. The minimum absolute atomic E-state index is 0.0392. The molecule has 1 aliphatic heterocycles. The van der Waals surface area contributed by atoms with E-state index in [2.05, 4.69) is 9.88 Å². The van der Waals surface area contributed by atoms with Gasteiger partial charge in [-0.25, -0.2) is 4.98 Å². The molecule has 0 saturated carbocycles. The first-order valence-corrected chi connectivity index (χ1v) is 8.81. The van der Waals surface area contributed by atoms with Crippen LogP contribution >= 0.6 is 11.3 Å². The summed E-state index contributed by atoms with van der Waals surface area (Å²) >= 11 is 1.64. The van der Waals surface area contributed by atoms with Gasteiger partial charge in [0.25, 0.3) is 0 Å². The van der Waals surface area contributed by atoms with E-state index in [9.17, 15) is 4.79 Å². The Balaban J connectivity index is 1.61. The highest BCUT2D eigenvalue weighted by Gasteiger charge is 2.20. The molecular weight excluding hydrogens is 322 g/mol. The van der Waals surface area contributed by atoms with E-state index >= 15 is 0 Å². The summed E-state index contributed by atoms with van der Waals surface area (Å²) in [5.41, 5.74) is 2.06. The van der Waals surface area contributed by atoms with Gasteiger partial charge in [-0.05, 0) is 25.1 Å². The van der Waals surface area contributed by atoms with Crippen LogP contribution in [0, 0.1) is 6.92 Å². The van der Waals surface area contributed by atoms with Gasteiger partial charge in [0, 0.05) is 49.4 Å². The lowest BCUT2D eigenvalue weighted by Crippen LogP contribution is -2.48. The van der Waals surface area contributed by atoms with Crippen LogP contribution in [0.4, 0.5) is 5.13 Å². The van der Waals surface area contributed by atoms with Gasteiger partial charge in [0.2, 0.25) is 5.91 Å². The summed E-state index contributed by atoms with van der Waals surface area (Å²) in [6.07, 6.45) is 5.28. The zero-order valence-corrected chi connectivity index (χ0v) is 14.8. The summed E-state index contributed by atoms with van der Waals surface area (Å²) < 4.78 is 5.34. The highest BCUT2D eigenvalue weighted by atomic mass is 32.1. The fourth-order valence-corrected chi connectivity index (χ4v) is 3.44. The second-order valence-electron chi connectivity index (χ2n) is 5.71. The molecule has 126 valence electrons. The molecule has 24 heavy (non-hydrogen) atoms. The maximum absolute atomic E-state index is 12.4. The van der Waals surface area contributed by atoms with Crippen LogP contribution in [0.15, 0.2) is 35.9 Å². The standard InChI is InChI=1S/C18H21N3O2S/c1-14-3-5-16(23-2)15(13-14)4-6-17(22)20-8-10-21(11-9-20)18-19-7-12-24-18/h3-7,12-13H,8-11H2,1-2H3/b6-4+. The fraction of sp³-hybridized carbons (Fsp3) is 0.333. The third-order valence-corrected chi connectivity index (χ3v) is 4.90. The van der Waals surface area contributed by atoms with Gasteiger partial charge in [-0.3, -0.25) is 4.79 Å². The van der Waals surface area contributed by atoms with Gasteiger partial charge in [-0.2, -0.15) is 0 Å². The topological polar surface area (TPSA) is 45.7 Å². The Hall–Kier alpha value is -2.34. The van der Waals surface area contributed by atoms with Crippen molar-refractivity contribution in [2.75, 3.05) is 38.2 Å². The summed E-state index contributed by atoms with van der Waals surface area (Å²) in [6.45, 7) is 5.10. The Labute approximate surface area is 146 Å². The highest BCUT2D eigenvalue weighted by Crippen LogP contribution is 2.22. The van der Waals surface area contributed by atoms with Crippen molar-refractivity contribution in [3.63, 3.8) is 0 Å². The molecule has 3 rings (SSSR count). The first kappa shape index (κ1) is 16.5. The normalized spacial score (nSPS) is 15.1. The van der Waals surface area contributed by atoms with Crippen molar-refractivity contribution in [2.24, 2.45) is 0 Å². The number of carbonyl (C=O) groups is 1. The van der Waals surface area contributed by atoms with Crippen LogP contribution in [0.1, 0.15) is 11.1 Å². The molecule has 0 atom stereocenters. The molecule has 0 aliphatic carbocycles. The van der Waals surface area contributed by atoms with E-state index in [1.165, 1.54) is 0 Å². The van der Waals surface area contributed by atoms with Crippen LogP contribution in [0.25, 0.3) is 6.08 Å². The quantitative estimate of drug-likeness (QED) is 0.801. The average molecular weight is 343 g/mol. The summed E-state index contributed by atoms with van der Waals surface area (Å²) in [5, 5.41) is 3.01. The van der Waals surface area contributed by atoms with Crippen molar-refractivity contribution in [3.8, 4) is 5.75 Å². The number of rotatable bonds is 4. The second-order valence-corrected chi connectivity index (χ2v) is 6.58. The van der Waals surface area contributed by atoms with Crippen molar-refractivity contribution in [3.05, 3.63) is 47.0 Å².